The number of para-hydroxylation sites is 1. The minimum Gasteiger partial charge on any atom is -0.352 e. The van der Waals surface area contributed by atoms with Crippen LogP contribution in [0.4, 0.5) is 5.69 Å². The molecule has 0 aliphatic rings. The Kier molecular flexibility index (Phi) is 9.27. The molecule has 2 aromatic rings. The molecule has 34 heavy (non-hydrogen) atoms. The lowest BCUT2D eigenvalue weighted by atomic mass is 10.0. The van der Waals surface area contributed by atoms with Crippen molar-refractivity contribution in [2.24, 2.45) is 0 Å². The van der Waals surface area contributed by atoms with Crippen LogP contribution in [-0.4, -0.2) is 50.0 Å². The summed E-state index contributed by atoms with van der Waals surface area (Å²) in [4.78, 5) is 27.9. The number of hydrogen-bond donors (Lipinski definition) is 1. The Balaban J connectivity index is 2.47. The molecule has 0 aliphatic heterocycles. The third kappa shape index (κ3) is 7.06. The maximum absolute atomic E-state index is 13.6. The van der Waals surface area contributed by atoms with Crippen molar-refractivity contribution in [2.45, 2.75) is 66.1 Å². The molecule has 0 heterocycles. The van der Waals surface area contributed by atoms with Crippen LogP contribution in [0.25, 0.3) is 0 Å². The van der Waals surface area contributed by atoms with Crippen molar-refractivity contribution in [3.05, 3.63) is 65.2 Å². The van der Waals surface area contributed by atoms with Gasteiger partial charge in [0.1, 0.15) is 12.6 Å². The molecule has 2 rings (SSSR count). The standard InChI is InChI=1S/C26H37N3O4S/c1-18(2)23-14-10-11-15-24(23)29(34(7,32)33)17-25(30)28(21(6)26(31)27-19(3)4)16-22-13-9-8-12-20(22)5/h8-15,18-19,21H,16-17H2,1-7H3,(H,27,31)/t21-/m0/s1. The van der Waals surface area contributed by atoms with Crippen LogP contribution in [0.15, 0.2) is 48.5 Å². The van der Waals surface area contributed by atoms with E-state index < -0.39 is 28.5 Å². The zero-order chi connectivity index (χ0) is 25.6. The Morgan fingerprint density at radius 2 is 1.53 bits per heavy atom. The Morgan fingerprint density at radius 3 is 2.09 bits per heavy atom. The number of nitrogens with one attached hydrogen (secondary N) is 1. The van der Waals surface area contributed by atoms with Gasteiger partial charge in [0.25, 0.3) is 0 Å². The largest absolute Gasteiger partial charge is 0.352 e. The van der Waals surface area contributed by atoms with Crippen molar-refractivity contribution in [1.82, 2.24) is 10.2 Å². The number of anilines is 1. The maximum atomic E-state index is 13.6. The van der Waals surface area contributed by atoms with Gasteiger partial charge in [-0.1, -0.05) is 56.3 Å². The fraction of sp³-hybridized carbons (Fsp3) is 0.462. The van der Waals surface area contributed by atoms with E-state index >= 15 is 0 Å². The third-order valence-electron chi connectivity index (χ3n) is 5.71. The minimum atomic E-state index is -3.76. The topological polar surface area (TPSA) is 86.8 Å². The minimum absolute atomic E-state index is 0.0642. The summed E-state index contributed by atoms with van der Waals surface area (Å²) in [5.74, 6) is -0.668. The van der Waals surface area contributed by atoms with E-state index in [1.807, 2.05) is 71.0 Å². The van der Waals surface area contributed by atoms with Crippen molar-refractivity contribution >= 4 is 27.5 Å². The highest BCUT2D eigenvalue weighted by atomic mass is 32.2. The van der Waals surface area contributed by atoms with Gasteiger partial charge < -0.3 is 10.2 Å². The third-order valence-corrected chi connectivity index (χ3v) is 6.83. The molecule has 0 bridgehead atoms. The van der Waals surface area contributed by atoms with E-state index in [9.17, 15) is 18.0 Å². The summed E-state index contributed by atoms with van der Waals surface area (Å²) < 4.78 is 26.7. The van der Waals surface area contributed by atoms with Crippen molar-refractivity contribution in [3.63, 3.8) is 0 Å². The van der Waals surface area contributed by atoms with Gasteiger partial charge in [-0.2, -0.15) is 0 Å². The molecule has 0 saturated carbocycles. The second-order valence-corrected chi connectivity index (χ2v) is 11.2. The first-order chi connectivity index (χ1) is 15.8. The van der Waals surface area contributed by atoms with Gasteiger partial charge in [0.15, 0.2) is 0 Å². The number of benzene rings is 2. The van der Waals surface area contributed by atoms with E-state index in [1.54, 1.807) is 19.1 Å². The van der Waals surface area contributed by atoms with E-state index in [1.165, 1.54) is 4.90 Å². The smallest absolute Gasteiger partial charge is 0.244 e. The Bertz CT molecular complexity index is 1110. The van der Waals surface area contributed by atoms with E-state index in [0.717, 1.165) is 27.3 Å². The van der Waals surface area contributed by atoms with Gasteiger partial charge in [-0.25, -0.2) is 8.42 Å². The molecule has 0 aliphatic carbocycles. The van der Waals surface area contributed by atoms with Gasteiger partial charge in [0, 0.05) is 12.6 Å². The van der Waals surface area contributed by atoms with Crippen LogP contribution in [0.3, 0.4) is 0 Å². The van der Waals surface area contributed by atoms with Crippen LogP contribution in [0.1, 0.15) is 57.2 Å². The van der Waals surface area contributed by atoms with Gasteiger partial charge in [0.2, 0.25) is 21.8 Å². The average Bonchev–Trinajstić information content (AvgIpc) is 2.75. The van der Waals surface area contributed by atoms with Crippen molar-refractivity contribution in [1.29, 1.82) is 0 Å². The molecule has 0 fully saturated rings. The predicted octanol–water partition coefficient (Wildman–Crippen LogP) is 3.83. The number of nitrogens with zero attached hydrogens (tertiary/aromatic N) is 2. The van der Waals surface area contributed by atoms with Crippen molar-refractivity contribution < 1.29 is 18.0 Å². The van der Waals surface area contributed by atoms with Crippen molar-refractivity contribution in [3.8, 4) is 0 Å². The molecule has 1 atom stereocenters. The number of sulfonamides is 1. The average molecular weight is 488 g/mol. The van der Waals surface area contributed by atoms with E-state index in [4.69, 9.17) is 0 Å². The first kappa shape index (κ1) is 27.4. The molecule has 0 unspecified atom stereocenters. The molecule has 7 nitrogen and oxygen atoms in total. The lowest BCUT2D eigenvalue weighted by Crippen LogP contribution is -2.52. The number of aryl methyl sites for hydroxylation is 1. The van der Waals surface area contributed by atoms with Gasteiger partial charge >= 0.3 is 0 Å². The van der Waals surface area contributed by atoms with Crippen LogP contribution < -0.4 is 9.62 Å². The number of carbonyl (C=O) groups is 2. The summed E-state index contributed by atoms with van der Waals surface area (Å²) >= 11 is 0. The monoisotopic (exact) mass is 487 g/mol. The SMILES string of the molecule is Cc1ccccc1CN(C(=O)CN(c1ccccc1C(C)C)S(C)(=O)=O)[C@@H](C)C(=O)NC(C)C. The second kappa shape index (κ2) is 11.5. The van der Waals surface area contributed by atoms with E-state index in [-0.39, 0.29) is 24.4 Å². The van der Waals surface area contributed by atoms with Crippen LogP contribution in [0.5, 0.6) is 0 Å². The first-order valence-corrected chi connectivity index (χ1v) is 13.4. The molecular formula is C26H37N3O4S. The summed E-state index contributed by atoms with van der Waals surface area (Å²) in [6, 6.07) is 14.0. The van der Waals surface area contributed by atoms with Crippen molar-refractivity contribution in [2.75, 3.05) is 17.1 Å². The number of rotatable bonds is 10. The highest BCUT2D eigenvalue weighted by Crippen LogP contribution is 2.29. The molecule has 186 valence electrons. The summed E-state index contributed by atoms with van der Waals surface area (Å²) in [6.45, 7) is 11.1. The lowest BCUT2D eigenvalue weighted by Gasteiger charge is -2.33. The van der Waals surface area contributed by atoms with Gasteiger partial charge in [0.05, 0.1) is 11.9 Å². The van der Waals surface area contributed by atoms with Gasteiger partial charge in [-0.15, -0.1) is 0 Å². The normalized spacial score (nSPS) is 12.5. The summed E-state index contributed by atoms with van der Waals surface area (Å²) in [5, 5.41) is 2.85. The van der Waals surface area contributed by atoms with Gasteiger partial charge in [-0.3, -0.25) is 13.9 Å². The number of amides is 2. The molecule has 2 amide bonds. The van der Waals surface area contributed by atoms with Gasteiger partial charge in [-0.05, 0) is 56.4 Å². The molecule has 0 radical (unpaired) electrons. The molecule has 0 aromatic heterocycles. The molecule has 0 spiro atoms. The second-order valence-electron chi connectivity index (χ2n) is 9.27. The Labute approximate surface area is 204 Å². The fourth-order valence-corrected chi connectivity index (χ4v) is 4.62. The Morgan fingerprint density at radius 1 is 0.941 bits per heavy atom. The zero-order valence-electron chi connectivity index (χ0n) is 21.2. The molecule has 1 N–H and O–H groups in total. The van der Waals surface area contributed by atoms with E-state index in [2.05, 4.69) is 5.32 Å². The quantitative estimate of drug-likeness (QED) is 0.552. The van der Waals surface area contributed by atoms with Crippen LogP contribution in [-0.2, 0) is 26.2 Å². The number of carbonyl (C=O) groups excluding carboxylic acids is 2. The first-order valence-electron chi connectivity index (χ1n) is 11.5. The number of hydrogen-bond acceptors (Lipinski definition) is 4. The fourth-order valence-electron chi connectivity index (χ4n) is 3.76. The maximum Gasteiger partial charge on any atom is 0.244 e. The molecule has 2 aromatic carbocycles. The lowest BCUT2D eigenvalue weighted by molar-refractivity contribution is -0.139. The van der Waals surface area contributed by atoms with E-state index in [0.29, 0.717) is 5.69 Å². The molecule has 8 heteroatoms. The predicted molar refractivity (Wildman–Crippen MR) is 137 cm³/mol. The summed E-state index contributed by atoms with van der Waals surface area (Å²) in [7, 11) is -3.76. The highest BCUT2D eigenvalue weighted by molar-refractivity contribution is 7.92. The summed E-state index contributed by atoms with van der Waals surface area (Å²) in [5.41, 5.74) is 3.19. The Hall–Kier alpha value is -2.87. The summed E-state index contributed by atoms with van der Waals surface area (Å²) in [6.07, 6.45) is 1.10. The molecular weight excluding hydrogens is 450 g/mol. The van der Waals surface area contributed by atoms with Crippen LogP contribution >= 0.6 is 0 Å². The zero-order valence-corrected chi connectivity index (χ0v) is 22.0. The van der Waals surface area contributed by atoms with Crippen LogP contribution in [0, 0.1) is 6.92 Å². The molecule has 0 saturated heterocycles. The highest BCUT2D eigenvalue weighted by Gasteiger charge is 2.31. The van der Waals surface area contributed by atoms with Crippen LogP contribution in [0.2, 0.25) is 0 Å².